The van der Waals surface area contributed by atoms with Crippen LogP contribution in [-0.2, 0) is 9.59 Å². The Bertz CT molecular complexity index is 140. The van der Waals surface area contributed by atoms with Crippen LogP contribution in [0.5, 0.6) is 0 Å². The van der Waals surface area contributed by atoms with Crippen molar-refractivity contribution >= 4 is 12.1 Å². The highest BCUT2D eigenvalue weighted by Crippen LogP contribution is 2.18. The van der Waals surface area contributed by atoms with Gasteiger partial charge < -0.3 is 4.79 Å². The number of aldehydes is 1. The lowest BCUT2D eigenvalue weighted by Gasteiger charge is -2.00. The number of hydrogen-bond acceptors (Lipinski definition) is 2. The molecule has 0 heterocycles. The highest BCUT2D eigenvalue weighted by atomic mass is 16.1. The van der Waals surface area contributed by atoms with Crippen molar-refractivity contribution in [3.8, 4) is 0 Å². The highest BCUT2D eigenvalue weighted by molar-refractivity contribution is 5.81. The fourth-order valence-electron chi connectivity index (χ4n) is 1.34. The van der Waals surface area contributed by atoms with Gasteiger partial charge in [-0.05, 0) is 12.8 Å². The summed E-state index contributed by atoms with van der Waals surface area (Å²) in [6.07, 6.45) is 5.02. The predicted molar refractivity (Wildman–Crippen MR) is 37.6 cm³/mol. The second kappa shape index (κ2) is 3.49. The zero-order valence-corrected chi connectivity index (χ0v) is 6.01. The lowest BCUT2D eigenvalue weighted by molar-refractivity contribution is -0.122. The van der Waals surface area contributed by atoms with Crippen molar-refractivity contribution in [3.63, 3.8) is 0 Å². The number of carbonyl (C=O) groups is 2. The molecule has 1 fully saturated rings. The molecule has 0 amide bonds. The topological polar surface area (TPSA) is 34.1 Å². The quantitative estimate of drug-likeness (QED) is 0.407. The lowest BCUT2D eigenvalue weighted by Crippen LogP contribution is -2.05. The van der Waals surface area contributed by atoms with Crippen LogP contribution in [0.1, 0.15) is 32.1 Å². The van der Waals surface area contributed by atoms with E-state index in [9.17, 15) is 9.59 Å². The SMILES string of the molecule is O=CC1CCCCC(=O)C1. The molecule has 0 saturated heterocycles. The van der Waals surface area contributed by atoms with E-state index in [1.807, 2.05) is 0 Å². The summed E-state index contributed by atoms with van der Waals surface area (Å²) < 4.78 is 0. The van der Waals surface area contributed by atoms with E-state index in [0.29, 0.717) is 12.8 Å². The summed E-state index contributed by atoms with van der Waals surface area (Å²) in [6, 6.07) is 0. The number of hydrogen-bond donors (Lipinski definition) is 0. The van der Waals surface area contributed by atoms with Gasteiger partial charge in [-0.1, -0.05) is 6.42 Å². The average molecular weight is 140 g/mol. The van der Waals surface area contributed by atoms with Gasteiger partial charge in [0.15, 0.2) is 0 Å². The molecular weight excluding hydrogens is 128 g/mol. The van der Waals surface area contributed by atoms with Gasteiger partial charge in [0, 0.05) is 18.8 Å². The summed E-state index contributed by atoms with van der Waals surface area (Å²) >= 11 is 0. The van der Waals surface area contributed by atoms with Crippen LogP contribution in [0.15, 0.2) is 0 Å². The molecule has 1 aliphatic rings. The normalized spacial score (nSPS) is 27.6. The molecular formula is C8H12O2. The van der Waals surface area contributed by atoms with E-state index >= 15 is 0 Å². The molecule has 0 spiro atoms. The number of carbonyl (C=O) groups excluding carboxylic acids is 2. The van der Waals surface area contributed by atoms with Crippen molar-refractivity contribution in [3.05, 3.63) is 0 Å². The van der Waals surface area contributed by atoms with Crippen LogP contribution in [-0.4, -0.2) is 12.1 Å². The molecule has 0 bridgehead atoms. The van der Waals surface area contributed by atoms with Crippen LogP contribution in [0.25, 0.3) is 0 Å². The van der Waals surface area contributed by atoms with Crippen LogP contribution in [0.3, 0.4) is 0 Å². The minimum atomic E-state index is 0.0231. The Morgan fingerprint density at radius 2 is 2.20 bits per heavy atom. The first kappa shape index (κ1) is 7.45. The number of Topliss-reactive ketones (excluding diaryl/α,β-unsaturated/α-hetero) is 1. The van der Waals surface area contributed by atoms with Crippen LogP contribution in [0.4, 0.5) is 0 Å². The highest BCUT2D eigenvalue weighted by Gasteiger charge is 2.16. The van der Waals surface area contributed by atoms with Gasteiger partial charge >= 0.3 is 0 Å². The maximum absolute atomic E-state index is 10.9. The molecule has 2 nitrogen and oxygen atoms in total. The van der Waals surface area contributed by atoms with Crippen molar-refractivity contribution in [2.45, 2.75) is 32.1 Å². The second-order valence-electron chi connectivity index (χ2n) is 2.88. The Labute approximate surface area is 60.6 Å². The molecule has 2 heteroatoms. The van der Waals surface area contributed by atoms with Gasteiger partial charge in [-0.25, -0.2) is 0 Å². The smallest absolute Gasteiger partial charge is 0.133 e. The monoisotopic (exact) mass is 140 g/mol. The van der Waals surface area contributed by atoms with Crippen LogP contribution in [0, 0.1) is 5.92 Å². The van der Waals surface area contributed by atoms with Crippen LogP contribution >= 0.6 is 0 Å². The molecule has 56 valence electrons. The summed E-state index contributed by atoms with van der Waals surface area (Å²) in [5.41, 5.74) is 0. The third kappa shape index (κ3) is 1.94. The van der Waals surface area contributed by atoms with E-state index in [4.69, 9.17) is 0 Å². The van der Waals surface area contributed by atoms with Gasteiger partial charge in [-0.15, -0.1) is 0 Å². The summed E-state index contributed by atoms with van der Waals surface area (Å²) in [5, 5.41) is 0. The predicted octanol–water partition coefficient (Wildman–Crippen LogP) is 1.33. The molecule has 0 aliphatic heterocycles. The second-order valence-corrected chi connectivity index (χ2v) is 2.88. The standard InChI is InChI=1S/C8H12O2/c9-6-7-3-1-2-4-8(10)5-7/h6-7H,1-5H2. The summed E-state index contributed by atoms with van der Waals surface area (Å²) in [4.78, 5) is 21.2. The van der Waals surface area contributed by atoms with Crippen molar-refractivity contribution in [1.82, 2.24) is 0 Å². The van der Waals surface area contributed by atoms with Gasteiger partial charge in [0.05, 0.1) is 0 Å². The Morgan fingerprint density at radius 3 is 2.90 bits per heavy atom. The fourth-order valence-corrected chi connectivity index (χ4v) is 1.34. The molecule has 10 heavy (non-hydrogen) atoms. The first-order valence-corrected chi connectivity index (χ1v) is 3.80. The van der Waals surface area contributed by atoms with E-state index in [1.165, 1.54) is 0 Å². The van der Waals surface area contributed by atoms with Crippen molar-refractivity contribution in [1.29, 1.82) is 0 Å². The Kier molecular flexibility index (Phi) is 2.60. The van der Waals surface area contributed by atoms with E-state index in [-0.39, 0.29) is 11.7 Å². The molecule has 0 aromatic rings. The maximum Gasteiger partial charge on any atom is 0.133 e. The summed E-state index contributed by atoms with van der Waals surface area (Å²) in [7, 11) is 0. The molecule has 1 rings (SSSR count). The molecule has 1 unspecified atom stereocenters. The molecule has 0 aromatic carbocycles. The molecule has 1 atom stereocenters. The average Bonchev–Trinajstić information content (AvgIpc) is 2.13. The fraction of sp³-hybridized carbons (Fsp3) is 0.750. The van der Waals surface area contributed by atoms with Gasteiger partial charge in [-0.2, -0.15) is 0 Å². The van der Waals surface area contributed by atoms with Crippen molar-refractivity contribution in [2.75, 3.05) is 0 Å². The van der Waals surface area contributed by atoms with E-state index in [0.717, 1.165) is 25.5 Å². The Morgan fingerprint density at radius 1 is 1.40 bits per heavy atom. The van der Waals surface area contributed by atoms with Gasteiger partial charge in [-0.3, -0.25) is 4.79 Å². The first-order chi connectivity index (χ1) is 4.83. The number of ketones is 1. The minimum Gasteiger partial charge on any atom is -0.303 e. The third-order valence-electron chi connectivity index (χ3n) is 1.96. The summed E-state index contributed by atoms with van der Waals surface area (Å²) in [6.45, 7) is 0. The minimum absolute atomic E-state index is 0.0231. The third-order valence-corrected chi connectivity index (χ3v) is 1.96. The largest absolute Gasteiger partial charge is 0.303 e. The molecule has 0 N–H and O–H groups in total. The molecule has 1 saturated carbocycles. The zero-order valence-electron chi connectivity index (χ0n) is 6.01. The molecule has 1 aliphatic carbocycles. The van der Waals surface area contributed by atoms with E-state index in [1.54, 1.807) is 0 Å². The van der Waals surface area contributed by atoms with Gasteiger partial charge in [0.1, 0.15) is 12.1 Å². The zero-order chi connectivity index (χ0) is 7.40. The Balaban J connectivity index is 2.45. The first-order valence-electron chi connectivity index (χ1n) is 3.80. The van der Waals surface area contributed by atoms with Crippen LogP contribution in [0.2, 0.25) is 0 Å². The lowest BCUT2D eigenvalue weighted by atomic mass is 10.0. The van der Waals surface area contributed by atoms with Gasteiger partial charge in [0.25, 0.3) is 0 Å². The van der Waals surface area contributed by atoms with Gasteiger partial charge in [0.2, 0.25) is 0 Å². The van der Waals surface area contributed by atoms with E-state index < -0.39 is 0 Å². The summed E-state index contributed by atoms with van der Waals surface area (Å²) in [5.74, 6) is 0.282. The maximum atomic E-state index is 10.9. The Hall–Kier alpha value is -0.660. The van der Waals surface area contributed by atoms with Crippen molar-refractivity contribution in [2.24, 2.45) is 5.92 Å². The number of rotatable bonds is 1. The van der Waals surface area contributed by atoms with Crippen molar-refractivity contribution < 1.29 is 9.59 Å². The van der Waals surface area contributed by atoms with E-state index in [2.05, 4.69) is 0 Å². The molecule has 0 aromatic heterocycles. The van der Waals surface area contributed by atoms with Crippen LogP contribution < -0.4 is 0 Å². The molecule has 0 radical (unpaired) electrons.